The molecule has 2 aromatic carbocycles. The van der Waals surface area contributed by atoms with Crippen molar-refractivity contribution in [3.8, 4) is 0 Å². The first-order valence-electron chi connectivity index (χ1n) is 10.7. The highest BCUT2D eigenvalue weighted by Gasteiger charge is 2.45. The molecule has 3 amide bonds. The molecule has 8 heteroatoms. The van der Waals surface area contributed by atoms with Crippen molar-refractivity contribution in [3.05, 3.63) is 66.2 Å². The van der Waals surface area contributed by atoms with E-state index in [1.165, 1.54) is 16.7 Å². The molecular formula is C24H25N3O3S2. The van der Waals surface area contributed by atoms with Gasteiger partial charge >= 0.3 is 0 Å². The topological polar surface area (TPSA) is 70.1 Å². The van der Waals surface area contributed by atoms with Gasteiger partial charge in [0.05, 0.1) is 23.9 Å². The lowest BCUT2D eigenvalue weighted by Gasteiger charge is -2.30. The molecule has 0 spiro atoms. The number of aliphatic imine (C=N–C) groups is 1. The highest BCUT2D eigenvalue weighted by atomic mass is 32.2. The Morgan fingerprint density at radius 3 is 2.47 bits per heavy atom. The summed E-state index contributed by atoms with van der Waals surface area (Å²) < 4.78 is 0.921. The van der Waals surface area contributed by atoms with Gasteiger partial charge in [-0.2, -0.15) is 0 Å². The third-order valence-corrected chi connectivity index (χ3v) is 7.99. The standard InChI is InChI=1S/C24H25N3O3S2/c1-2-20(32-24-25-13-14-31-24)23(30)26(16-17-9-5-3-6-10-17)19-15-21(28)27(22(19)29)18-11-7-4-8-12-18/h3-12,19-20H,2,13-16H2,1H3. The van der Waals surface area contributed by atoms with Gasteiger partial charge in [-0.25, -0.2) is 4.90 Å². The number of amides is 3. The SMILES string of the molecule is CCC(SC1=NCCS1)C(=O)N(Cc1ccccc1)C1CC(=O)N(c2ccccc2)C1=O. The Bertz CT molecular complexity index is 1010. The highest BCUT2D eigenvalue weighted by Crippen LogP contribution is 2.32. The zero-order chi connectivity index (χ0) is 22.5. The summed E-state index contributed by atoms with van der Waals surface area (Å²) in [5.74, 6) is 0.173. The molecule has 2 aromatic rings. The number of rotatable bonds is 7. The molecule has 32 heavy (non-hydrogen) atoms. The number of hydrogen-bond donors (Lipinski definition) is 0. The molecule has 0 aromatic heterocycles. The molecule has 2 unspecified atom stereocenters. The van der Waals surface area contributed by atoms with Crippen molar-refractivity contribution in [3.63, 3.8) is 0 Å². The highest BCUT2D eigenvalue weighted by molar-refractivity contribution is 8.39. The molecule has 2 heterocycles. The Kier molecular flexibility index (Phi) is 7.32. The van der Waals surface area contributed by atoms with Crippen LogP contribution in [0.5, 0.6) is 0 Å². The third-order valence-electron chi connectivity index (χ3n) is 5.44. The Balaban J connectivity index is 1.62. The van der Waals surface area contributed by atoms with Crippen LogP contribution in [0, 0.1) is 0 Å². The van der Waals surface area contributed by atoms with Gasteiger partial charge in [0.15, 0.2) is 0 Å². The summed E-state index contributed by atoms with van der Waals surface area (Å²) in [4.78, 5) is 47.2. The van der Waals surface area contributed by atoms with Gasteiger partial charge in [-0.1, -0.05) is 79.0 Å². The number of hydrogen-bond acceptors (Lipinski definition) is 6. The Morgan fingerprint density at radius 1 is 1.16 bits per heavy atom. The van der Waals surface area contributed by atoms with Crippen molar-refractivity contribution < 1.29 is 14.4 Å². The average molecular weight is 468 g/mol. The number of para-hydroxylation sites is 1. The minimum Gasteiger partial charge on any atom is -0.325 e. The van der Waals surface area contributed by atoms with Crippen LogP contribution in [0.2, 0.25) is 0 Å². The Morgan fingerprint density at radius 2 is 1.84 bits per heavy atom. The van der Waals surface area contributed by atoms with Gasteiger partial charge in [0.1, 0.15) is 10.4 Å². The lowest BCUT2D eigenvalue weighted by molar-refractivity contribution is -0.138. The van der Waals surface area contributed by atoms with Crippen LogP contribution in [-0.2, 0) is 20.9 Å². The summed E-state index contributed by atoms with van der Waals surface area (Å²) >= 11 is 3.13. The maximum atomic E-state index is 13.7. The number of nitrogens with zero attached hydrogens (tertiary/aromatic N) is 3. The minimum absolute atomic E-state index is 0.0108. The predicted octanol–water partition coefficient (Wildman–Crippen LogP) is 3.96. The van der Waals surface area contributed by atoms with Gasteiger partial charge in [-0.15, -0.1) is 0 Å². The fourth-order valence-corrected chi connectivity index (χ4v) is 6.05. The van der Waals surface area contributed by atoms with E-state index in [2.05, 4.69) is 4.99 Å². The molecule has 6 nitrogen and oxygen atoms in total. The number of carbonyl (C=O) groups excluding carboxylic acids is 3. The smallest absolute Gasteiger partial charge is 0.257 e. The maximum absolute atomic E-state index is 13.7. The largest absolute Gasteiger partial charge is 0.325 e. The molecular weight excluding hydrogens is 442 g/mol. The molecule has 2 aliphatic rings. The first kappa shape index (κ1) is 22.6. The van der Waals surface area contributed by atoms with E-state index in [0.29, 0.717) is 12.1 Å². The first-order valence-corrected chi connectivity index (χ1v) is 12.5. The second-order valence-electron chi connectivity index (χ2n) is 7.59. The first-order chi connectivity index (χ1) is 15.6. The van der Waals surface area contributed by atoms with Crippen LogP contribution in [0.25, 0.3) is 0 Å². The molecule has 0 saturated carbocycles. The summed E-state index contributed by atoms with van der Waals surface area (Å²) in [7, 11) is 0. The lowest BCUT2D eigenvalue weighted by atomic mass is 10.1. The van der Waals surface area contributed by atoms with Crippen molar-refractivity contribution in [2.75, 3.05) is 17.2 Å². The summed E-state index contributed by atoms with van der Waals surface area (Å²) in [5, 5.41) is -0.350. The van der Waals surface area contributed by atoms with Crippen LogP contribution in [0.15, 0.2) is 65.7 Å². The number of benzene rings is 2. The van der Waals surface area contributed by atoms with Gasteiger partial charge in [0.2, 0.25) is 11.8 Å². The van der Waals surface area contributed by atoms with Gasteiger partial charge in [0.25, 0.3) is 5.91 Å². The maximum Gasteiger partial charge on any atom is 0.257 e. The number of imide groups is 1. The van der Waals surface area contributed by atoms with Crippen LogP contribution in [0.1, 0.15) is 25.3 Å². The Labute approximate surface area is 196 Å². The molecule has 2 atom stereocenters. The summed E-state index contributed by atoms with van der Waals surface area (Å²) in [5.41, 5.74) is 1.46. The van der Waals surface area contributed by atoms with Crippen LogP contribution in [-0.4, -0.2) is 50.6 Å². The van der Waals surface area contributed by atoms with Crippen molar-refractivity contribution in [2.45, 2.75) is 37.6 Å². The van der Waals surface area contributed by atoms with Gasteiger partial charge in [0, 0.05) is 12.3 Å². The molecule has 0 aliphatic carbocycles. The summed E-state index contributed by atoms with van der Waals surface area (Å²) in [6.07, 6.45) is 0.606. The van der Waals surface area contributed by atoms with E-state index in [0.717, 1.165) is 22.2 Å². The van der Waals surface area contributed by atoms with Crippen molar-refractivity contribution in [2.24, 2.45) is 4.99 Å². The monoisotopic (exact) mass is 467 g/mol. The van der Waals surface area contributed by atoms with Crippen LogP contribution >= 0.6 is 23.5 Å². The zero-order valence-electron chi connectivity index (χ0n) is 17.8. The van der Waals surface area contributed by atoms with E-state index in [9.17, 15) is 14.4 Å². The van der Waals surface area contributed by atoms with E-state index in [4.69, 9.17) is 0 Å². The normalized spacial score (nSPS) is 19.2. The molecule has 4 rings (SSSR count). The molecule has 0 N–H and O–H groups in total. The summed E-state index contributed by atoms with van der Waals surface area (Å²) in [6, 6.07) is 17.7. The number of carbonyl (C=O) groups is 3. The van der Waals surface area contributed by atoms with E-state index >= 15 is 0 Å². The van der Waals surface area contributed by atoms with Gasteiger partial charge in [-0.3, -0.25) is 19.4 Å². The number of anilines is 1. The van der Waals surface area contributed by atoms with Gasteiger partial charge < -0.3 is 4.90 Å². The minimum atomic E-state index is -0.816. The Hall–Kier alpha value is -2.58. The second-order valence-corrected chi connectivity index (χ2v) is 10.1. The average Bonchev–Trinajstić information content (AvgIpc) is 3.44. The summed E-state index contributed by atoms with van der Waals surface area (Å²) in [6.45, 7) is 3.02. The van der Waals surface area contributed by atoms with Crippen molar-refractivity contribution in [1.29, 1.82) is 0 Å². The van der Waals surface area contributed by atoms with E-state index in [1.54, 1.807) is 40.9 Å². The van der Waals surface area contributed by atoms with Gasteiger partial charge in [-0.05, 0) is 24.1 Å². The quantitative estimate of drug-likeness (QED) is 0.577. The zero-order valence-corrected chi connectivity index (χ0v) is 19.5. The molecule has 0 radical (unpaired) electrons. The van der Waals surface area contributed by atoms with E-state index in [1.807, 2.05) is 43.3 Å². The van der Waals surface area contributed by atoms with Crippen molar-refractivity contribution >= 4 is 51.3 Å². The fraction of sp³-hybridized carbons (Fsp3) is 0.333. The molecule has 1 fully saturated rings. The predicted molar refractivity (Wildman–Crippen MR) is 131 cm³/mol. The molecule has 0 bridgehead atoms. The van der Waals surface area contributed by atoms with E-state index in [-0.39, 0.29) is 35.9 Å². The molecule has 1 saturated heterocycles. The third kappa shape index (κ3) is 4.91. The molecule has 166 valence electrons. The van der Waals surface area contributed by atoms with Crippen LogP contribution < -0.4 is 4.90 Å². The number of thioether (sulfide) groups is 2. The lowest BCUT2D eigenvalue weighted by Crippen LogP contribution is -2.48. The van der Waals surface area contributed by atoms with Crippen LogP contribution in [0.4, 0.5) is 5.69 Å². The van der Waals surface area contributed by atoms with Crippen molar-refractivity contribution in [1.82, 2.24) is 4.90 Å². The van der Waals surface area contributed by atoms with E-state index < -0.39 is 6.04 Å². The molecule has 2 aliphatic heterocycles. The second kappa shape index (κ2) is 10.4. The fourth-order valence-electron chi connectivity index (χ4n) is 3.83. The van der Waals surface area contributed by atoms with Crippen LogP contribution in [0.3, 0.4) is 0 Å².